The molecule has 3 aliphatic rings. The molecule has 1 aliphatic heterocycles. The number of carbonyl (C=O) groups is 3. The van der Waals surface area contributed by atoms with Gasteiger partial charge in [0.15, 0.2) is 12.4 Å². The molecule has 6 unspecified atom stereocenters. The molecule has 0 radical (unpaired) electrons. The zero-order valence-corrected chi connectivity index (χ0v) is 18.8. The molecule has 2 aliphatic carbocycles. The van der Waals surface area contributed by atoms with Crippen LogP contribution in [0.3, 0.4) is 0 Å². The maximum Gasteiger partial charge on any atom is 0.344 e. The van der Waals surface area contributed by atoms with Crippen LogP contribution in [0, 0.1) is 17.8 Å². The van der Waals surface area contributed by atoms with Crippen molar-refractivity contribution in [3.8, 4) is 0 Å². The van der Waals surface area contributed by atoms with Gasteiger partial charge in [-0.15, -0.1) is 0 Å². The predicted octanol–water partition coefficient (Wildman–Crippen LogP) is 2.66. The molecule has 31 heavy (non-hydrogen) atoms. The number of rotatable bonds is 7. The molecule has 0 aromatic rings. The van der Waals surface area contributed by atoms with Crippen LogP contribution >= 0.6 is 0 Å². The van der Waals surface area contributed by atoms with Gasteiger partial charge in [-0.25, -0.2) is 9.59 Å². The normalized spacial score (nSPS) is 36.0. The monoisotopic (exact) mass is 438 g/mol. The van der Waals surface area contributed by atoms with E-state index in [2.05, 4.69) is 6.58 Å². The van der Waals surface area contributed by atoms with Gasteiger partial charge in [-0.2, -0.15) is 0 Å². The molecular formula is C23H34O8. The lowest BCUT2D eigenvalue weighted by molar-refractivity contribution is -0.302. The molecule has 8 nitrogen and oxygen atoms in total. The van der Waals surface area contributed by atoms with Crippen molar-refractivity contribution in [2.75, 3.05) is 6.61 Å². The number of esters is 3. The number of hydrogen-bond acceptors (Lipinski definition) is 8. The number of fused-ring (bicyclic) bond motifs is 2. The van der Waals surface area contributed by atoms with Crippen LogP contribution in [0.5, 0.6) is 0 Å². The molecule has 174 valence electrons. The third-order valence-electron chi connectivity index (χ3n) is 7.00. The SMILES string of the molecule is C=C(C)C(=O)OCC(=O)OC1C2CC(C)C1OC(C)(O)C2C(=O)OC1(CC)CCCC1. The second-order valence-corrected chi connectivity index (χ2v) is 9.47. The highest BCUT2D eigenvalue weighted by atomic mass is 16.7. The minimum Gasteiger partial charge on any atom is -0.459 e. The second-order valence-electron chi connectivity index (χ2n) is 9.47. The van der Waals surface area contributed by atoms with Crippen LogP contribution in [0.4, 0.5) is 0 Å². The standard InChI is InChI=1S/C23H34O8/c1-6-23(9-7-8-10-23)31-21(26)17-15-11-14(4)18(30-22(17,5)27)19(15)29-16(24)12-28-20(25)13(2)3/h14-15,17-19,27H,2,6-12H2,1,3-5H3. The van der Waals surface area contributed by atoms with Crippen molar-refractivity contribution >= 4 is 17.9 Å². The van der Waals surface area contributed by atoms with Crippen molar-refractivity contribution in [2.24, 2.45) is 17.8 Å². The Kier molecular flexibility index (Phi) is 6.81. The van der Waals surface area contributed by atoms with Gasteiger partial charge >= 0.3 is 17.9 Å². The summed E-state index contributed by atoms with van der Waals surface area (Å²) < 4.78 is 22.3. The van der Waals surface area contributed by atoms with Crippen molar-refractivity contribution < 1.29 is 38.4 Å². The molecule has 6 atom stereocenters. The smallest absolute Gasteiger partial charge is 0.344 e. The summed E-state index contributed by atoms with van der Waals surface area (Å²) in [4.78, 5) is 37.1. The summed E-state index contributed by atoms with van der Waals surface area (Å²) in [7, 11) is 0. The van der Waals surface area contributed by atoms with Crippen LogP contribution in [0.15, 0.2) is 12.2 Å². The second kappa shape index (κ2) is 8.90. The zero-order chi connectivity index (χ0) is 23.0. The highest BCUT2D eigenvalue weighted by Gasteiger charge is 2.62. The minimum atomic E-state index is -1.72. The first-order valence-corrected chi connectivity index (χ1v) is 11.1. The zero-order valence-electron chi connectivity index (χ0n) is 18.8. The molecule has 0 amide bonds. The van der Waals surface area contributed by atoms with E-state index in [-0.39, 0.29) is 11.5 Å². The summed E-state index contributed by atoms with van der Waals surface area (Å²) in [5.74, 6) is -5.11. The van der Waals surface area contributed by atoms with E-state index in [1.807, 2.05) is 13.8 Å². The van der Waals surface area contributed by atoms with E-state index < -0.39 is 59.9 Å². The average molecular weight is 439 g/mol. The van der Waals surface area contributed by atoms with Crippen LogP contribution < -0.4 is 0 Å². The van der Waals surface area contributed by atoms with E-state index >= 15 is 0 Å². The first-order valence-electron chi connectivity index (χ1n) is 11.1. The Bertz CT molecular complexity index is 736. The van der Waals surface area contributed by atoms with Crippen LogP contribution in [0.2, 0.25) is 0 Å². The summed E-state index contributed by atoms with van der Waals surface area (Å²) in [5, 5.41) is 11.0. The van der Waals surface area contributed by atoms with E-state index in [4.69, 9.17) is 18.9 Å². The molecule has 3 fully saturated rings. The molecule has 1 heterocycles. The predicted molar refractivity (Wildman–Crippen MR) is 109 cm³/mol. The average Bonchev–Trinajstić information content (AvgIpc) is 3.23. The molecule has 1 saturated heterocycles. The van der Waals surface area contributed by atoms with Crippen molar-refractivity contribution in [3.63, 3.8) is 0 Å². The molecule has 1 N–H and O–H groups in total. The van der Waals surface area contributed by atoms with Gasteiger partial charge < -0.3 is 24.1 Å². The molecule has 0 aromatic carbocycles. The van der Waals surface area contributed by atoms with Crippen molar-refractivity contribution in [3.05, 3.63) is 12.2 Å². The number of carbonyl (C=O) groups excluding carboxylic acids is 3. The van der Waals surface area contributed by atoms with Crippen molar-refractivity contribution in [2.45, 2.75) is 89.8 Å². The fourth-order valence-corrected chi connectivity index (χ4v) is 5.33. The fraction of sp³-hybridized carbons (Fsp3) is 0.783. The van der Waals surface area contributed by atoms with E-state index in [1.54, 1.807) is 0 Å². The largest absolute Gasteiger partial charge is 0.459 e. The van der Waals surface area contributed by atoms with Gasteiger partial charge in [0.2, 0.25) is 0 Å². The Morgan fingerprint density at radius 1 is 1.23 bits per heavy atom. The summed E-state index contributed by atoms with van der Waals surface area (Å²) in [6, 6.07) is 0. The highest BCUT2D eigenvalue weighted by molar-refractivity contribution is 5.88. The number of hydrogen-bond donors (Lipinski definition) is 1. The van der Waals surface area contributed by atoms with E-state index in [9.17, 15) is 19.5 Å². The summed E-state index contributed by atoms with van der Waals surface area (Å²) >= 11 is 0. The summed E-state index contributed by atoms with van der Waals surface area (Å²) in [5.41, 5.74) is -0.324. The molecular weight excluding hydrogens is 404 g/mol. The van der Waals surface area contributed by atoms with Crippen LogP contribution in [0.1, 0.15) is 66.2 Å². The Labute approximate surface area is 183 Å². The molecule has 0 spiro atoms. The van der Waals surface area contributed by atoms with Crippen LogP contribution in [-0.4, -0.2) is 53.2 Å². The number of aliphatic hydroxyl groups is 1. The quantitative estimate of drug-likeness (QED) is 0.367. The third kappa shape index (κ3) is 4.80. The topological polar surface area (TPSA) is 108 Å². The van der Waals surface area contributed by atoms with Gasteiger partial charge in [-0.05, 0) is 58.3 Å². The van der Waals surface area contributed by atoms with Crippen LogP contribution in [0.25, 0.3) is 0 Å². The van der Waals surface area contributed by atoms with Gasteiger partial charge in [0.25, 0.3) is 0 Å². The lowest BCUT2D eigenvalue weighted by Gasteiger charge is -2.45. The molecule has 2 bridgehead atoms. The lowest BCUT2D eigenvalue weighted by Crippen LogP contribution is -2.58. The minimum absolute atomic E-state index is 0.0309. The lowest BCUT2D eigenvalue weighted by atomic mass is 9.80. The van der Waals surface area contributed by atoms with Crippen molar-refractivity contribution in [1.29, 1.82) is 0 Å². The highest BCUT2D eigenvalue weighted by Crippen LogP contribution is 2.51. The Hall–Kier alpha value is -1.93. The van der Waals surface area contributed by atoms with E-state index in [1.165, 1.54) is 13.8 Å². The summed E-state index contributed by atoms with van der Waals surface area (Å²) in [6.07, 6.45) is 3.59. The van der Waals surface area contributed by atoms with Gasteiger partial charge in [0.1, 0.15) is 23.7 Å². The molecule has 2 saturated carbocycles. The first kappa shape index (κ1) is 23.7. The number of ether oxygens (including phenoxy) is 4. The molecule has 8 heteroatoms. The maximum atomic E-state index is 13.3. The van der Waals surface area contributed by atoms with Gasteiger partial charge in [-0.3, -0.25) is 4.79 Å². The van der Waals surface area contributed by atoms with Crippen molar-refractivity contribution in [1.82, 2.24) is 0 Å². The van der Waals surface area contributed by atoms with Gasteiger partial charge in [-0.1, -0.05) is 20.4 Å². The van der Waals surface area contributed by atoms with Gasteiger partial charge in [0.05, 0.1) is 0 Å². The summed E-state index contributed by atoms with van der Waals surface area (Å²) in [6.45, 7) is 9.79. The molecule has 3 rings (SSSR count). The van der Waals surface area contributed by atoms with E-state index in [0.29, 0.717) is 12.8 Å². The fourth-order valence-electron chi connectivity index (χ4n) is 5.33. The van der Waals surface area contributed by atoms with E-state index in [0.717, 1.165) is 25.7 Å². The maximum absolute atomic E-state index is 13.3. The Morgan fingerprint density at radius 2 is 1.87 bits per heavy atom. The third-order valence-corrected chi connectivity index (χ3v) is 7.00. The Balaban J connectivity index is 1.74. The Morgan fingerprint density at radius 3 is 2.45 bits per heavy atom. The molecule has 0 aromatic heterocycles. The van der Waals surface area contributed by atoms with Gasteiger partial charge in [0, 0.05) is 11.5 Å². The van der Waals surface area contributed by atoms with Crippen LogP contribution in [-0.2, 0) is 33.3 Å². The first-order chi connectivity index (χ1) is 14.5.